The zero-order valence-electron chi connectivity index (χ0n) is 18.9. The number of likely N-dealkylation sites (N-methyl/N-ethyl adjacent to an activating group) is 1. The highest BCUT2D eigenvalue weighted by Gasteiger charge is 2.23. The van der Waals surface area contributed by atoms with Gasteiger partial charge in [0.2, 0.25) is 0 Å². The molecule has 2 aromatic carbocycles. The summed E-state index contributed by atoms with van der Waals surface area (Å²) < 4.78 is 7.72. The van der Waals surface area contributed by atoms with Crippen molar-refractivity contribution < 1.29 is 4.74 Å². The molecule has 32 heavy (non-hydrogen) atoms. The monoisotopic (exact) mass is 427 g/mol. The molecule has 4 aromatic rings. The first-order valence-corrected chi connectivity index (χ1v) is 11.1. The summed E-state index contributed by atoms with van der Waals surface area (Å²) in [5, 5.41) is 1.10. The van der Waals surface area contributed by atoms with Gasteiger partial charge in [0, 0.05) is 26.2 Å². The van der Waals surface area contributed by atoms with Crippen molar-refractivity contribution in [2.24, 2.45) is 0 Å². The number of aromatic nitrogens is 3. The molecule has 164 valence electrons. The fraction of sp³-hybridized carbons (Fsp3) is 0.308. The largest absolute Gasteiger partial charge is 0.497 e. The van der Waals surface area contributed by atoms with Crippen molar-refractivity contribution in [1.29, 1.82) is 0 Å². The van der Waals surface area contributed by atoms with E-state index in [0.29, 0.717) is 0 Å². The standard InChI is InChI=1S/C26H29N5O/c1-19(20-7-5-4-6-8-20)31-24(21-9-11-22(32-3)12-10-21)17-23-25(27-18-28-26(23)31)30-15-13-29(2)14-16-30/h4-12,17-19H,13-16H2,1-3H3. The number of hydrogen-bond acceptors (Lipinski definition) is 5. The van der Waals surface area contributed by atoms with Gasteiger partial charge >= 0.3 is 0 Å². The molecule has 1 aliphatic rings. The molecule has 2 aromatic heterocycles. The summed E-state index contributed by atoms with van der Waals surface area (Å²) in [5.41, 5.74) is 4.49. The van der Waals surface area contributed by atoms with Gasteiger partial charge in [0.25, 0.3) is 0 Å². The van der Waals surface area contributed by atoms with Gasteiger partial charge in [-0.25, -0.2) is 9.97 Å². The van der Waals surface area contributed by atoms with Crippen molar-refractivity contribution in [1.82, 2.24) is 19.4 Å². The highest BCUT2D eigenvalue weighted by Crippen LogP contribution is 2.36. The van der Waals surface area contributed by atoms with Crippen molar-refractivity contribution in [3.8, 4) is 17.0 Å². The third kappa shape index (κ3) is 3.71. The second-order valence-corrected chi connectivity index (χ2v) is 8.44. The van der Waals surface area contributed by atoms with Gasteiger partial charge in [-0.1, -0.05) is 30.3 Å². The van der Waals surface area contributed by atoms with E-state index in [4.69, 9.17) is 14.7 Å². The maximum absolute atomic E-state index is 5.38. The second-order valence-electron chi connectivity index (χ2n) is 8.44. The summed E-state index contributed by atoms with van der Waals surface area (Å²) in [4.78, 5) is 14.2. The molecule has 1 atom stereocenters. The van der Waals surface area contributed by atoms with E-state index in [0.717, 1.165) is 60.0 Å². The van der Waals surface area contributed by atoms with Gasteiger partial charge < -0.3 is 19.1 Å². The highest BCUT2D eigenvalue weighted by molar-refractivity contribution is 5.93. The smallest absolute Gasteiger partial charge is 0.146 e. The van der Waals surface area contributed by atoms with Gasteiger partial charge in [-0.15, -0.1) is 0 Å². The Balaban J connectivity index is 1.68. The van der Waals surface area contributed by atoms with Gasteiger partial charge in [0.1, 0.15) is 23.5 Å². The third-order valence-corrected chi connectivity index (χ3v) is 6.47. The minimum Gasteiger partial charge on any atom is -0.497 e. The molecule has 0 N–H and O–H groups in total. The number of fused-ring (bicyclic) bond motifs is 1. The van der Waals surface area contributed by atoms with Crippen LogP contribution >= 0.6 is 0 Å². The van der Waals surface area contributed by atoms with E-state index in [9.17, 15) is 0 Å². The number of hydrogen-bond donors (Lipinski definition) is 0. The van der Waals surface area contributed by atoms with Gasteiger partial charge in [0.05, 0.1) is 24.2 Å². The average molecular weight is 428 g/mol. The summed E-state index contributed by atoms with van der Waals surface area (Å²) in [6.07, 6.45) is 1.71. The summed E-state index contributed by atoms with van der Waals surface area (Å²) >= 11 is 0. The predicted octanol–water partition coefficient (Wildman–Crippen LogP) is 4.47. The van der Waals surface area contributed by atoms with E-state index in [1.165, 1.54) is 5.56 Å². The summed E-state index contributed by atoms with van der Waals surface area (Å²) in [7, 11) is 3.87. The van der Waals surface area contributed by atoms with Gasteiger partial charge in [-0.05, 0) is 55.4 Å². The number of methoxy groups -OCH3 is 1. The average Bonchev–Trinajstić information content (AvgIpc) is 3.24. The van der Waals surface area contributed by atoms with Crippen LogP contribution in [0.15, 0.2) is 67.0 Å². The van der Waals surface area contributed by atoms with Crippen molar-refractivity contribution in [3.63, 3.8) is 0 Å². The Morgan fingerprint density at radius 3 is 2.31 bits per heavy atom. The Morgan fingerprint density at radius 1 is 0.906 bits per heavy atom. The molecule has 1 aliphatic heterocycles. The first-order chi connectivity index (χ1) is 15.7. The van der Waals surface area contributed by atoms with Crippen molar-refractivity contribution in [2.75, 3.05) is 45.2 Å². The Bertz CT molecular complexity index is 1190. The van der Waals surface area contributed by atoms with Crippen molar-refractivity contribution in [3.05, 3.63) is 72.6 Å². The van der Waals surface area contributed by atoms with Crippen LogP contribution in [0.5, 0.6) is 5.75 Å². The molecular formula is C26H29N5O. The maximum atomic E-state index is 5.38. The third-order valence-electron chi connectivity index (χ3n) is 6.47. The Labute approximate surface area is 189 Å². The quantitative estimate of drug-likeness (QED) is 0.470. The molecule has 0 saturated carbocycles. The number of benzene rings is 2. The van der Waals surface area contributed by atoms with E-state index in [2.05, 4.69) is 76.9 Å². The van der Waals surface area contributed by atoms with E-state index < -0.39 is 0 Å². The summed E-state index contributed by atoms with van der Waals surface area (Å²) in [6, 6.07) is 21.2. The number of nitrogens with zero attached hydrogens (tertiary/aromatic N) is 5. The lowest BCUT2D eigenvalue weighted by atomic mass is 10.1. The molecule has 5 rings (SSSR count). The lowest BCUT2D eigenvalue weighted by molar-refractivity contribution is 0.312. The molecular weight excluding hydrogens is 398 g/mol. The van der Waals surface area contributed by atoms with Crippen LogP contribution in [-0.2, 0) is 0 Å². The van der Waals surface area contributed by atoms with Crippen LogP contribution in [0.3, 0.4) is 0 Å². The van der Waals surface area contributed by atoms with E-state index in [1.54, 1.807) is 13.4 Å². The summed E-state index contributed by atoms with van der Waals surface area (Å²) in [5.74, 6) is 1.88. The number of rotatable bonds is 5. The molecule has 1 fully saturated rings. The normalized spacial score (nSPS) is 15.8. The number of piperazine rings is 1. The highest BCUT2D eigenvalue weighted by atomic mass is 16.5. The summed E-state index contributed by atoms with van der Waals surface area (Å²) in [6.45, 7) is 6.26. The number of ether oxygens (including phenoxy) is 1. The molecule has 0 aliphatic carbocycles. The van der Waals surface area contributed by atoms with Gasteiger partial charge in [-0.2, -0.15) is 0 Å². The zero-order valence-corrected chi connectivity index (χ0v) is 18.9. The van der Waals surface area contributed by atoms with Crippen LogP contribution in [0, 0.1) is 0 Å². The van der Waals surface area contributed by atoms with Gasteiger partial charge in [-0.3, -0.25) is 0 Å². The minimum absolute atomic E-state index is 0.126. The van der Waals surface area contributed by atoms with Crippen LogP contribution in [0.4, 0.5) is 5.82 Å². The first-order valence-electron chi connectivity index (χ1n) is 11.1. The molecule has 0 spiro atoms. The first kappa shape index (κ1) is 20.5. The predicted molar refractivity (Wildman–Crippen MR) is 129 cm³/mol. The Morgan fingerprint density at radius 2 is 1.62 bits per heavy atom. The van der Waals surface area contributed by atoms with Crippen molar-refractivity contribution >= 4 is 16.9 Å². The maximum Gasteiger partial charge on any atom is 0.146 e. The minimum atomic E-state index is 0.126. The van der Waals surface area contributed by atoms with E-state index >= 15 is 0 Å². The molecule has 0 radical (unpaired) electrons. The molecule has 0 amide bonds. The second kappa shape index (κ2) is 8.63. The molecule has 6 heteroatoms. The molecule has 1 saturated heterocycles. The van der Waals surface area contributed by atoms with E-state index in [-0.39, 0.29) is 6.04 Å². The fourth-order valence-electron chi connectivity index (χ4n) is 4.55. The zero-order chi connectivity index (χ0) is 22.1. The lowest BCUT2D eigenvalue weighted by Crippen LogP contribution is -2.44. The molecule has 1 unspecified atom stereocenters. The SMILES string of the molecule is COc1ccc(-c2cc3c(N4CCN(C)CC4)ncnc3n2C(C)c2ccccc2)cc1. The van der Waals surface area contributed by atoms with Crippen LogP contribution in [-0.4, -0.2) is 59.8 Å². The molecule has 0 bridgehead atoms. The Kier molecular flexibility index (Phi) is 5.53. The number of anilines is 1. The fourth-order valence-corrected chi connectivity index (χ4v) is 4.55. The van der Waals surface area contributed by atoms with E-state index in [1.807, 2.05) is 12.1 Å². The Hall–Kier alpha value is -3.38. The molecule has 6 nitrogen and oxygen atoms in total. The van der Waals surface area contributed by atoms with Crippen LogP contribution < -0.4 is 9.64 Å². The lowest BCUT2D eigenvalue weighted by Gasteiger charge is -2.33. The van der Waals surface area contributed by atoms with Gasteiger partial charge in [0.15, 0.2) is 0 Å². The van der Waals surface area contributed by atoms with Crippen LogP contribution in [0.25, 0.3) is 22.3 Å². The molecule has 3 heterocycles. The van der Waals surface area contributed by atoms with Crippen LogP contribution in [0.2, 0.25) is 0 Å². The van der Waals surface area contributed by atoms with Crippen molar-refractivity contribution in [2.45, 2.75) is 13.0 Å². The topological polar surface area (TPSA) is 46.4 Å². The van der Waals surface area contributed by atoms with Crippen LogP contribution in [0.1, 0.15) is 18.5 Å².